The Morgan fingerprint density at radius 3 is 2.27 bits per heavy atom. The summed E-state index contributed by atoms with van der Waals surface area (Å²) in [6.45, 7) is 6.77. The molecule has 2 aromatic carbocycles. The highest BCUT2D eigenvalue weighted by molar-refractivity contribution is 14.0. The van der Waals surface area contributed by atoms with Gasteiger partial charge in [-0.3, -0.25) is 4.99 Å². The molecule has 0 saturated carbocycles. The molecule has 6 nitrogen and oxygen atoms in total. The second-order valence-electron chi connectivity index (χ2n) is 7.20. The van der Waals surface area contributed by atoms with E-state index in [1.54, 1.807) is 31.3 Å². The van der Waals surface area contributed by atoms with Crippen molar-refractivity contribution in [2.75, 3.05) is 7.05 Å². The lowest BCUT2D eigenvalue weighted by Crippen LogP contribution is -2.43. The standard InChI is InChI=1S/C21H29FN4O2S.HI/c1-15(2)16(3)26-21(23-4)24-13-18-8-6-10-20(12-18)29(27,28)25-14-17-7-5-9-19(22)11-17;/h5-12,15-16,25H,13-14H2,1-4H3,(H2,23,24,26);1H. The van der Waals surface area contributed by atoms with Crippen molar-refractivity contribution < 1.29 is 12.8 Å². The van der Waals surface area contributed by atoms with Gasteiger partial charge in [-0.05, 0) is 48.2 Å². The third-order valence-electron chi connectivity index (χ3n) is 4.61. The lowest BCUT2D eigenvalue weighted by atomic mass is 10.1. The van der Waals surface area contributed by atoms with Gasteiger partial charge in [0.2, 0.25) is 10.0 Å². The molecule has 0 radical (unpaired) electrons. The van der Waals surface area contributed by atoms with Crippen LogP contribution in [0.25, 0.3) is 0 Å². The quantitative estimate of drug-likeness (QED) is 0.268. The minimum atomic E-state index is -3.71. The Balaban J connectivity index is 0.00000450. The summed E-state index contributed by atoms with van der Waals surface area (Å²) < 4.78 is 41.0. The van der Waals surface area contributed by atoms with Crippen LogP contribution in [0.5, 0.6) is 0 Å². The summed E-state index contributed by atoms with van der Waals surface area (Å²) in [6, 6.07) is 12.8. The highest BCUT2D eigenvalue weighted by Gasteiger charge is 2.15. The van der Waals surface area contributed by atoms with Gasteiger partial charge in [-0.1, -0.05) is 38.1 Å². The molecule has 0 fully saturated rings. The highest BCUT2D eigenvalue weighted by atomic mass is 127. The van der Waals surface area contributed by atoms with Gasteiger partial charge in [0.05, 0.1) is 4.90 Å². The van der Waals surface area contributed by atoms with Crippen molar-refractivity contribution in [2.45, 2.75) is 44.8 Å². The number of aliphatic imine (C=N–C) groups is 1. The molecule has 0 aliphatic rings. The molecule has 0 heterocycles. The summed E-state index contributed by atoms with van der Waals surface area (Å²) >= 11 is 0. The summed E-state index contributed by atoms with van der Waals surface area (Å²) in [7, 11) is -2.02. The lowest BCUT2D eigenvalue weighted by Gasteiger charge is -2.20. The molecule has 166 valence electrons. The Morgan fingerprint density at radius 1 is 1.03 bits per heavy atom. The van der Waals surface area contributed by atoms with Crippen molar-refractivity contribution in [1.82, 2.24) is 15.4 Å². The maximum Gasteiger partial charge on any atom is 0.240 e. The molecule has 30 heavy (non-hydrogen) atoms. The maximum atomic E-state index is 13.3. The van der Waals surface area contributed by atoms with E-state index >= 15 is 0 Å². The number of hydrogen-bond acceptors (Lipinski definition) is 3. The number of benzene rings is 2. The molecule has 0 bridgehead atoms. The Hall–Kier alpha value is -1.72. The molecule has 9 heteroatoms. The fraction of sp³-hybridized carbons (Fsp3) is 0.381. The number of hydrogen-bond donors (Lipinski definition) is 3. The van der Waals surface area contributed by atoms with Crippen LogP contribution >= 0.6 is 24.0 Å². The summed E-state index contributed by atoms with van der Waals surface area (Å²) in [5.74, 6) is 0.707. The monoisotopic (exact) mass is 548 g/mol. The van der Waals surface area contributed by atoms with Crippen molar-refractivity contribution in [3.63, 3.8) is 0 Å². The zero-order chi connectivity index (χ0) is 21.4. The predicted molar refractivity (Wildman–Crippen MR) is 130 cm³/mol. The van der Waals surface area contributed by atoms with Crippen LogP contribution in [0.2, 0.25) is 0 Å². The Labute approximate surface area is 195 Å². The third-order valence-corrected chi connectivity index (χ3v) is 6.01. The van der Waals surface area contributed by atoms with E-state index in [2.05, 4.69) is 41.1 Å². The van der Waals surface area contributed by atoms with Crippen LogP contribution in [0.4, 0.5) is 4.39 Å². The number of nitrogens with one attached hydrogen (secondary N) is 3. The lowest BCUT2D eigenvalue weighted by molar-refractivity contribution is 0.481. The average Bonchev–Trinajstić information content (AvgIpc) is 2.69. The first kappa shape index (κ1) is 26.3. The van der Waals surface area contributed by atoms with Crippen LogP contribution in [0.15, 0.2) is 58.4 Å². The first-order chi connectivity index (χ1) is 13.7. The molecule has 0 amide bonds. The molecule has 0 aliphatic heterocycles. The van der Waals surface area contributed by atoms with Gasteiger partial charge >= 0.3 is 0 Å². The van der Waals surface area contributed by atoms with Gasteiger partial charge in [-0.15, -0.1) is 24.0 Å². The number of halogens is 2. The van der Waals surface area contributed by atoms with Crippen LogP contribution in [0.1, 0.15) is 31.9 Å². The molecule has 1 unspecified atom stereocenters. The van der Waals surface area contributed by atoms with Crippen LogP contribution in [0.3, 0.4) is 0 Å². The Morgan fingerprint density at radius 2 is 1.67 bits per heavy atom. The van der Waals surface area contributed by atoms with Crippen molar-refractivity contribution in [3.8, 4) is 0 Å². The Kier molecular flexibility index (Phi) is 10.7. The number of rotatable bonds is 8. The van der Waals surface area contributed by atoms with Crippen LogP contribution in [-0.2, 0) is 23.1 Å². The fourth-order valence-corrected chi connectivity index (χ4v) is 3.58. The van der Waals surface area contributed by atoms with Crippen molar-refractivity contribution in [1.29, 1.82) is 0 Å². The van der Waals surface area contributed by atoms with Crippen molar-refractivity contribution in [3.05, 3.63) is 65.5 Å². The minimum Gasteiger partial charge on any atom is -0.354 e. The first-order valence-electron chi connectivity index (χ1n) is 9.51. The zero-order valence-corrected chi connectivity index (χ0v) is 20.8. The van der Waals surface area contributed by atoms with Gasteiger partial charge < -0.3 is 10.6 Å². The third kappa shape index (κ3) is 8.19. The summed E-state index contributed by atoms with van der Waals surface area (Å²) in [4.78, 5) is 4.36. The van der Waals surface area contributed by atoms with Crippen molar-refractivity contribution >= 4 is 40.0 Å². The van der Waals surface area contributed by atoms with E-state index in [0.717, 1.165) is 5.56 Å². The average molecular weight is 548 g/mol. The van der Waals surface area contributed by atoms with E-state index in [0.29, 0.717) is 24.0 Å². The van der Waals surface area contributed by atoms with Gasteiger partial charge in [0.1, 0.15) is 5.82 Å². The predicted octanol–water partition coefficient (Wildman–Crippen LogP) is 3.63. The minimum absolute atomic E-state index is 0. The van der Waals surface area contributed by atoms with Gasteiger partial charge in [0.15, 0.2) is 5.96 Å². The fourth-order valence-electron chi connectivity index (χ4n) is 2.49. The number of nitrogens with zero attached hydrogens (tertiary/aromatic N) is 1. The molecule has 0 aromatic heterocycles. The molecule has 2 rings (SSSR count). The van der Waals surface area contributed by atoms with Crippen LogP contribution in [-0.4, -0.2) is 27.5 Å². The van der Waals surface area contributed by atoms with Crippen molar-refractivity contribution in [2.24, 2.45) is 10.9 Å². The summed E-state index contributed by atoms with van der Waals surface area (Å²) in [5.41, 5.74) is 1.36. The number of sulfonamides is 1. The number of guanidine groups is 1. The summed E-state index contributed by atoms with van der Waals surface area (Å²) in [5, 5.41) is 6.50. The SMILES string of the molecule is CN=C(NCc1cccc(S(=O)(=O)NCc2cccc(F)c2)c1)NC(C)C(C)C.I. The molecule has 3 N–H and O–H groups in total. The normalized spacial score (nSPS) is 12.9. The van der Waals surface area contributed by atoms with E-state index in [1.807, 2.05) is 6.07 Å². The van der Waals surface area contributed by atoms with E-state index in [-0.39, 0.29) is 41.5 Å². The van der Waals surface area contributed by atoms with Gasteiger partial charge in [0.25, 0.3) is 0 Å². The van der Waals surface area contributed by atoms with E-state index < -0.39 is 15.8 Å². The first-order valence-corrected chi connectivity index (χ1v) is 11.0. The van der Waals surface area contributed by atoms with E-state index in [9.17, 15) is 12.8 Å². The zero-order valence-electron chi connectivity index (χ0n) is 17.6. The van der Waals surface area contributed by atoms with Crippen LogP contribution in [0, 0.1) is 11.7 Å². The van der Waals surface area contributed by atoms with E-state index in [1.165, 1.54) is 18.2 Å². The molecule has 2 aromatic rings. The molecule has 0 spiro atoms. The topological polar surface area (TPSA) is 82.6 Å². The second kappa shape index (κ2) is 12.2. The largest absolute Gasteiger partial charge is 0.354 e. The van der Waals surface area contributed by atoms with Gasteiger partial charge in [0, 0.05) is 26.2 Å². The molecular weight excluding hydrogens is 518 g/mol. The summed E-state index contributed by atoms with van der Waals surface area (Å²) in [6.07, 6.45) is 0. The van der Waals surface area contributed by atoms with Gasteiger partial charge in [-0.2, -0.15) is 0 Å². The maximum absolute atomic E-state index is 13.3. The van der Waals surface area contributed by atoms with E-state index in [4.69, 9.17) is 0 Å². The molecular formula is C21H30FIN4O2S. The van der Waals surface area contributed by atoms with Gasteiger partial charge in [-0.25, -0.2) is 17.5 Å². The molecule has 1 atom stereocenters. The Bertz CT molecular complexity index is 952. The molecule has 0 aliphatic carbocycles. The second-order valence-corrected chi connectivity index (χ2v) is 8.97. The van der Waals surface area contributed by atoms with Crippen LogP contribution < -0.4 is 15.4 Å². The highest BCUT2D eigenvalue weighted by Crippen LogP contribution is 2.13. The molecule has 0 saturated heterocycles. The smallest absolute Gasteiger partial charge is 0.240 e.